The van der Waals surface area contributed by atoms with Crippen LogP contribution in [0.2, 0.25) is 20.1 Å². The lowest BCUT2D eigenvalue weighted by Crippen LogP contribution is -2.20. The van der Waals surface area contributed by atoms with Crippen molar-refractivity contribution in [3.63, 3.8) is 0 Å². The number of nitrogens with zero attached hydrogens (tertiary/aromatic N) is 2. The predicted molar refractivity (Wildman–Crippen MR) is 110 cm³/mol. The molecule has 0 saturated heterocycles. The Hall–Kier alpha value is -1.04. The van der Waals surface area contributed by atoms with Gasteiger partial charge in [-0.3, -0.25) is 0 Å². The molecule has 0 aliphatic rings. The minimum Gasteiger partial charge on any atom is -0.492 e. The first-order valence-corrected chi connectivity index (χ1v) is 10.1. The third-order valence-corrected chi connectivity index (χ3v) is 6.12. The summed E-state index contributed by atoms with van der Waals surface area (Å²) in [5.41, 5.74) is 0. The summed E-state index contributed by atoms with van der Waals surface area (Å²) in [5, 5.41) is 2.15. The molecule has 3 nitrogen and oxygen atoms in total. The van der Waals surface area contributed by atoms with Crippen molar-refractivity contribution in [3.05, 3.63) is 75.2 Å². The summed E-state index contributed by atoms with van der Waals surface area (Å²) < 4.78 is 7.93. The lowest BCUT2D eigenvalue weighted by molar-refractivity contribution is 0.308. The summed E-state index contributed by atoms with van der Waals surface area (Å²) in [4.78, 5) is 5.11. The van der Waals surface area contributed by atoms with Crippen LogP contribution in [-0.2, 0) is 6.54 Å². The number of ether oxygens (including phenoxy) is 1. The molecule has 0 aliphatic heterocycles. The van der Waals surface area contributed by atoms with E-state index >= 15 is 0 Å². The summed E-state index contributed by atoms with van der Waals surface area (Å²) in [6.07, 6.45) is 5.45. The van der Waals surface area contributed by atoms with E-state index < -0.39 is 0 Å². The molecule has 3 rings (SSSR count). The lowest BCUT2D eigenvalue weighted by atomic mass is 10.3. The van der Waals surface area contributed by atoms with Gasteiger partial charge in [-0.15, -0.1) is 11.8 Å². The van der Waals surface area contributed by atoms with Gasteiger partial charge in [0.05, 0.1) is 31.7 Å². The SMILES string of the molecule is Clc1ccc(OCC(Cn2ccnc2)Sc2ccc(Cl)c(Cl)c2)cc1Cl. The first-order chi connectivity index (χ1) is 12.5. The van der Waals surface area contributed by atoms with E-state index in [2.05, 4.69) is 4.98 Å². The van der Waals surface area contributed by atoms with Crippen molar-refractivity contribution in [2.24, 2.45) is 0 Å². The number of rotatable bonds is 7. The minimum absolute atomic E-state index is 0.121. The molecule has 0 saturated carbocycles. The van der Waals surface area contributed by atoms with Gasteiger partial charge < -0.3 is 9.30 Å². The van der Waals surface area contributed by atoms with Crippen LogP contribution in [0, 0.1) is 0 Å². The molecule has 1 heterocycles. The van der Waals surface area contributed by atoms with E-state index in [9.17, 15) is 0 Å². The smallest absolute Gasteiger partial charge is 0.120 e. The van der Waals surface area contributed by atoms with Gasteiger partial charge in [0.25, 0.3) is 0 Å². The number of imidazole rings is 1. The van der Waals surface area contributed by atoms with Crippen molar-refractivity contribution in [2.45, 2.75) is 16.7 Å². The highest BCUT2D eigenvalue weighted by atomic mass is 35.5. The van der Waals surface area contributed by atoms with E-state index in [1.165, 1.54) is 0 Å². The summed E-state index contributed by atoms with van der Waals surface area (Å²) in [6.45, 7) is 1.20. The second-order valence-corrected chi connectivity index (χ2v) is 8.46. The van der Waals surface area contributed by atoms with Crippen molar-refractivity contribution in [1.82, 2.24) is 9.55 Å². The van der Waals surface area contributed by atoms with E-state index in [0.29, 0.717) is 32.4 Å². The topological polar surface area (TPSA) is 27.1 Å². The van der Waals surface area contributed by atoms with Gasteiger partial charge in [0.15, 0.2) is 0 Å². The van der Waals surface area contributed by atoms with Gasteiger partial charge in [0, 0.05) is 29.9 Å². The molecule has 2 aromatic carbocycles. The van der Waals surface area contributed by atoms with Crippen molar-refractivity contribution in [1.29, 1.82) is 0 Å². The van der Waals surface area contributed by atoms with Crippen molar-refractivity contribution in [2.75, 3.05) is 6.61 Å². The molecular weight excluding hydrogens is 434 g/mol. The van der Waals surface area contributed by atoms with Crippen LogP contribution in [0.15, 0.2) is 60.0 Å². The zero-order valence-electron chi connectivity index (χ0n) is 13.4. The van der Waals surface area contributed by atoms with Crippen LogP contribution >= 0.6 is 58.2 Å². The first-order valence-electron chi connectivity index (χ1n) is 7.66. The van der Waals surface area contributed by atoms with Gasteiger partial charge in [-0.05, 0) is 30.3 Å². The number of aromatic nitrogens is 2. The average Bonchev–Trinajstić information content (AvgIpc) is 3.12. The summed E-state index contributed by atoms with van der Waals surface area (Å²) in [5.74, 6) is 0.671. The Morgan fingerprint density at radius 1 is 0.962 bits per heavy atom. The van der Waals surface area contributed by atoms with Crippen LogP contribution < -0.4 is 4.74 Å². The molecule has 1 unspecified atom stereocenters. The molecule has 26 heavy (non-hydrogen) atoms. The van der Waals surface area contributed by atoms with Crippen LogP contribution in [-0.4, -0.2) is 21.4 Å². The summed E-state index contributed by atoms with van der Waals surface area (Å²) >= 11 is 25.8. The van der Waals surface area contributed by atoms with E-state index in [0.717, 1.165) is 11.4 Å². The normalized spacial score (nSPS) is 12.2. The van der Waals surface area contributed by atoms with Crippen LogP contribution in [0.3, 0.4) is 0 Å². The molecular formula is C18H14Cl4N2OS. The molecule has 0 bridgehead atoms. The standard InChI is InChI=1S/C18H14Cl4N2OS/c19-15-3-1-12(7-17(15)21)25-10-14(9-24-6-5-23-11-24)26-13-2-4-16(20)18(22)8-13/h1-8,11,14H,9-10H2. The Kier molecular flexibility index (Phi) is 7.01. The van der Waals surface area contributed by atoms with E-state index in [-0.39, 0.29) is 5.25 Å². The third kappa shape index (κ3) is 5.48. The largest absolute Gasteiger partial charge is 0.492 e. The minimum atomic E-state index is 0.121. The molecule has 0 aliphatic carbocycles. The zero-order chi connectivity index (χ0) is 18.5. The Labute approximate surface area is 176 Å². The number of halogens is 4. The fourth-order valence-corrected chi connectivity index (χ4v) is 4.00. The maximum absolute atomic E-state index is 6.13. The molecule has 0 amide bonds. The van der Waals surface area contributed by atoms with E-state index in [1.807, 2.05) is 22.9 Å². The molecule has 136 valence electrons. The van der Waals surface area contributed by atoms with E-state index in [4.69, 9.17) is 51.1 Å². The maximum atomic E-state index is 6.13. The first kappa shape index (κ1) is 19.7. The number of hydrogen-bond acceptors (Lipinski definition) is 3. The quantitative estimate of drug-likeness (QED) is 0.375. The van der Waals surface area contributed by atoms with Crippen molar-refractivity contribution < 1.29 is 4.74 Å². The van der Waals surface area contributed by atoms with Gasteiger partial charge in [0.2, 0.25) is 0 Å². The Morgan fingerprint density at radius 3 is 2.35 bits per heavy atom. The second kappa shape index (κ2) is 9.25. The highest BCUT2D eigenvalue weighted by molar-refractivity contribution is 8.00. The van der Waals surface area contributed by atoms with Crippen LogP contribution in [0.4, 0.5) is 0 Å². The molecule has 0 fully saturated rings. The average molecular weight is 448 g/mol. The fraction of sp³-hybridized carbons (Fsp3) is 0.167. The third-order valence-electron chi connectivity index (χ3n) is 3.49. The number of benzene rings is 2. The van der Waals surface area contributed by atoms with Crippen LogP contribution in [0.5, 0.6) is 5.75 Å². The number of hydrogen-bond donors (Lipinski definition) is 0. The molecule has 0 radical (unpaired) electrons. The highest BCUT2D eigenvalue weighted by Gasteiger charge is 2.14. The fourth-order valence-electron chi connectivity index (χ4n) is 2.25. The van der Waals surface area contributed by atoms with E-state index in [1.54, 1.807) is 48.6 Å². The zero-order valence-corrected chi connectivity index (χ0v) is 17.3. The van der Waals surface area contributed by atoms with Gasteiger partial charge >= 0.3 is 0 Å². The predicted octanol–water partition coefficient (Wildman–Crippen LogP) is 6.74. The van der Waals surface area contributed by atoms with Crippen molar-refractivity contribution in [3.8, 4) is 5.75 Å². The Morgan fingerprint density at radius 2 is 1.69 bits per heavy atom. The molecule has 1 atom stereocenters. The summed E-state index contributed by atoms with van der Waals surface area (Å²) in [6, 6.07) is 10.8. The second-order valence-electron chi connectivity index (χ2n) is 5.46. The van der Waals surface area contributed by atoms with Crippen LogP contribution in [0.25, 0.3) is 0 Å². The lowest BCUT2D eigenvalue weighted by Gasteiger charge is -2.18. The Bertz CT molecular complexity index is 874. The van der Waals surface area contributed by atoms with Crippen molar-refractivity contribution >= 4 is 58.2 Å². The van der Waals surface area contributed by atoms with Gasteiger partial charge in [0.1, 0.15) is 12.4 Å². The van der Waals surface area contributed by atoms with Gasteiger partial charge in [-0.2, -0.15) is 0 Å². The Balaban J connectivity index is 1.71. The van der Waals surface area contributed by atoms with Crippen LogP contribution in [0.1, 0.15) is 0 Å². The molecule has 0 spiro atoms. The van der Waals surface area contributed by atoms with Gasteiger partial charge in [-0.1, -0.05) is 46.4 Å². The summed E-state index contributed by atoms with van der Waals surface area (Å²) in [7, 11) is 0. The molecule has 3 aromatic rings. The molecule has 8 heteroatoms. The van der Waals surface area contributed by atoms with Gasteiger partial charge in [-0.25, -0.2) is 4.98 Å². The molecule has 0 N–H and O–H groups in total. The maximum Gasteiger partial charge on any atom is 0.120 e. The monoisotopic (exact) mass is 446 g/mol. The molecule has 1 aromatic heterocycles. The number of thioether (sulfide) groups is 1. The highest BCUT2D eigenvalue weighted by Crippen LogP contribution is 2.32.